The molecule has 0 radical (unpaired) electrons. The Balaban J connectivity index is 1.21. The SMILES string of the molecule is COC(=O)C1=C(CN2CCN3C(=O)N(CC#Cc4ccc(OC)cc4)C[C@@H]3C2)NC(c2nccs2)=NC1c1ccc(F)cc1Cl. The average molecular weight is 649 g/mol. The molecule has 1 N–H and O–H groups in total. The van der Waals surface area contributed by atoms with Gasteiger partial charge >= 0.3 is 12.0 Å². The van der Waals surface area contributed by atoms with Gasteiger partial charge in [0, 0.05) is 66.1 Å². The van der Waals surface area contributed by atoms with Gasteiger partial charge in [0.15, 0.2) is 10.8 Å². The Labute approximate surface area is 269 Å². The summed E-state index contributed by atoms with van der Waals surface area (Å²) in [4.78, 5) is 41.5. The number of benzene rings is 2. The Morgan fingerprint density at radius 1 is 1.18 bits per heavy atom. The van der Waals surface area contributed by atoms with E-state index in [1.165, 1.54) is 36.6 Å². The Kier molecular flexibility index (Phi) is 9.02. The van der Waals surface area contributed by atoms with Crippen molar-refractivity contribution in [3.63, 3.8) is 0 Å². The van der Waals surface area contributed by atoms with Crippen molar-refractivity contribution in [3.8, 4) is 17.6 Å². The van der Waals surface area contributed by atoms with Crippen LogP contribution in [0.15, 0.2) is 70.3 Å². The van der Waals surface area contributed by atoms with E-state index in [9.17, 15) is 14.0 Å². The molecule has 0 spiro atoms. The number of hydrogen-bond acceptors (Lipinski definition) is 9. The van der Waals surface area contributed by atoms with Crippen LogP contribution >= 0.6 is 22.9 Å². The van der Waals surface area contributed by atoms with Gasteiger partial charge in [-0.05, 0) is 36.4 Å². The highest BCUT2D eigenvalue weighted by Gasteiger charge is 2.41. The molecule has 2 amide bonds. The number of nitrogens with one attached hydrogen (secondary N) is 1. The van der Waals surface area contributed by atoms with Gasteiger partial charge < -0.3 is 24.6 Å². The van der Waals surface area contributed by atoms with E-state index in [-0.39, 0.29) is 22.7 Å². The van der Waals surface area contributed by atoms with Crippen LogP contribution in [0.25, 0.3) is 0 Å². The standard InChI is InChI=1S/C32H30ClFN6O4S/c1-43-23-8-5-20(6-9-23)4-3-12-39-18-22-17-38(13-14-40(22)32(39)42)19-26-27(31(41)44-2)28(24-10-7-21(34)16-25(24)33)37-29(36-26)30-35-11-15-45-30/h5-11,15-16,22,28H,12-14,17-19H2,1-2H3,(H,36,37)/t22-,28?/m0/s1. The van der Waals surface area contributed by atoms with Crippen LogP contribution in [0.4, 0.5) is 9.18 Å². The number of ether oxygens (including phenoxy) is 2. The number of hydrogen-bond donors (Lipinski definition) is 1. The maximum atomic E-state index is 14.0. The zero-order valence-corrected chi connectivity index (χ0v) is 26.2. The smallest absolute Gasteiger partial charge is 0.338 e. The molecule has 2 atom stereocenters. The Bertz CT molecular complexity index is 1720. The minimum Gasteiger partial charge on any atom is -0.497 e. The number of rotatable bonds is 7. The molecule has 3 aromatic rings. The molecule has 6 rings (SSSR count). The second kappa shape index (κ2) is 13.3. The lowest BCUT2D eigenvalue weighted by Gasteiger charge is -2.38. The first kappa shape index (κ1) is 30.6. The highest BCUT2D eigenvalue weighted by atomic mass is 35.5. The number of amides is 2. The topological polar surface area (TPSA) is 99.6 Å². The number of urea groups is 1. The van der Waals surface area contributed by atoms with Gasteiger partial charge in [-0.1, -0.05) is 29.5 Å². The molecule has 232 valence electrons. The molecule has 2 fully saturated rings. The van der Waals surface area contributed by atoms with Crippen LogP contribution in [0.5, 0.6) is 5.75 Å². The Hall–Kier alpha value is -4.44. The van der Waals surface area contributed by atoms with E-state index in [1.54, 1.807) is 18.2 Å². The van der Waals surface area contributed by atoms with Crippen molar-refractivity contribution in [1.82, 2.24) is 25.0 Å². The molecule has 0 bridgehead atoms. The van der Waals surface area contributed by atoms with Crippen LogP contribution in [0.1, 0.15) is 22.2 Å². The molecule has 1 unspecified atom stereocenters. The number of aromatic nitrogens is 1. The van der Waals surface area contributed by atoms with Gasteiger partial charge in [0.2, 0.25) is 0 Å². The number of piperazine rings is 1. The van der Waals surface area contributed by atoms with E-state index >= 15 is 0 Å². The van der Waals surface area contributed by atoms with Gasteiger partial charge in [-0.3, -0.25) is 9.89 Å². The number of fused-ring (bicyclic) bond motifs is 1. The quantitative estimate of drug-likeness (QED) is 0.306. The van der Waals surface area contributed by atoms with Crippen LogP contribution in [-0.4, -0.2) is 97.0 Å². The average Bonchev–Trinajstić information content (AvgIpc) is 3.69. The summed E-state index contributed by atoms with van der Waals surface area (Å²) < 4.78 is 24.4. The van der Waals surface area contributed by atoms with E-state index in [4.69, 9.17) is 26.1 Å². The predicted molar refractivity (Wildman–Crippen MR) is 169 cm³/mol. The first-order chi connectivity index (χ1) is 21.8. The highest BCUT2D eigenvalue weighted by Crippen LogP contribution is 2.37. The molecule has 0 aliphatic carbocycles. The number of thiazole rings is 1. The molecular weight excluding hydrogens is 619 g/mol. The predicted octanol–water partition coefficient (Wildman–Crippen LogP) is 3.94. The number of aliphatic imine (C=N–C) groups is 1. The highest BCUT2D eigenvalue weighted by molar-refractivity contribution is 7.11. The van der Waals surface area contributed by atoms with E-state index in [2.05, 4.69) is 27.0 Å². The lowest BCUT2D eigenvalue weighted by molar-refractivity contribution is -0.136. The summed E-state index contributed by atoms with van der Waals surface area (Å²) in [5.74, 6) is 6.42. The van der Waals surface area contributed by atoms with Crippen LogP contribution in [0.2, 0.25) is 5.02 Å². The largest absolute Gasteiger partial charge is 0.497 e. The number of esters is 1. The minimum absolute atomic E-state index is 0.0295. The third kappa shape index (κ3) is 6.51. The summed E-state index contributed by atoms with van der Waals surface area (Å²) in [5.41, 5.74) is 2.20. The summed E-state index contributed by atoms with van der Waals surface area (Å²) in [7, 11) is 2.93. The van der Waals surface area contributed by atoms with Gasteiger partial charge in [-0.25, -0.2) is 19.0 Å². The molecule has 2 saturated heterocycles. The number of nitrogens with zero attached hydrogens (tertiary/aromatic N) is 5. The van der Waals surface area contributed by atoms with E-state index in [0.29, 0.717) is 61.4 Å². The van der Waals surface area contributed by atoms with Gasteiger partial charge in [-0.2, -0.15) is 0 Å². The number of carbonyl (C=O) groups is 2. The van der Waals surface area contributed by atoms with Crippen molar-refractivity contribution in [2.45, 2.75) is 12.1 Å². The minimum atomic E-state index is -0.838. The van der Waals surface area contributed by atoms with Gasteiger partial charge in [-0.15, -0.1) is 11.3 Å². The molecular formula is C32H30ClFN6O4S. The third-order valence-electron chi connectivity index (χ3n) is 7.91. The van der Waals surface area contributed by atoms with Crippen LogP contribution in [0, 0.1) is 17.7 Å². The van der Waals surface area contributed by atoms with Crippen molar-refractivity contribution >= 4 is 40.8 Å². The maximum Gasteiger partial charge on any atom is 0.338 e. The third-order valence-corrected chi connectivity index (χ3v) is 9.02. The molecule has 4 heterocycles. The molecule has 10 nitrogen and oxygen atoms in total. The van der Waals surface area contributed by atoms with Gasteiger partial charge in [0.1, 0.15) is 17.6 Å². The van der Waals surface area contributed by atoms with Crippen molar-refractivity contribution in [3.05, 3.63) is 92.3 Å². The zero-order chi connectivity index (χ0) is 31.5. The summed E-state index contributed by atoms with van der Waals surface area (Å²) in [6.07, 6.45) is 1.67. The summed E-state index contributed by atoms with van der Waals surface area (Å²) in [6.45, 7) is 2.96. The van der Waals surface area contributed by atoms with E-state index < -0.39 is 17.8 Å². The van der Waals surface area contributed by atoms with Crippen molar-refractivity contribution < 1.29 is 23.5 Å². The van der Waals surface area contributed by atoms with Crippen molar-refractivity contribution in [2.75, 3.05) is 53.5 Å². The summed E-state index contributed by atoms with van der Waals surface area (Å²) in [5, 5.41) is 5.95. The second-order valence-corrected chi connectivity index (χ2v) is 12.0. The fraction of sp³-hybridized carbons (Fsp3) is 0.312. The first-order valence-corrected chi connectivity index (χ1v) is 15.5. The molecule has 3 aliphatic heterocycles. The summed E-state index contributed by atoms with van der Waals surface area (Å²) >= 11 is 7.88. The number of carbonyl (C=O) groups excluding carboxylic acids is 2. The van der Waals surface area contributed by atoms with Crippen LogP contribution in [0.3, 0.4) is 0 Å². The van der Waals surface area contributed by atoms with Crippen LogP contribution < -0.4 is 10.1 Å². The fourth-order valence-electron chi connectivity index (χ4n) is 5.72. The van der Waals surface area contributed by atoms with Crippen molar-refractivity contribution in [1.29, 1.82) is 0 Å². The maximum absolute atomic E-state index is 14.0. The Morgan fingerprint density at radius 3 is 2.71 bits per heavy atom. The van der Waals surface area contributed by atoms with E-state index in [1.807, 2.05) is 34.5 Å². The molecule has 1 aromatic heterocycles. The second-order valence-electron chi connectivity index (χ2n) is 10.7. The number of methoxy groups -OCH3 is 2. The fourth-order valence-corrected chi connectivity index (χ4v) is 6.58. The monoisotopic (exact) mass is 648 g/mol. The van der Waals surface area contributed by atoms with Crippen molar-refractivity contribution in [2.24, 2.45) is 4.99 Å². The summed E-state index contributed by atoms with van der Waals surface area (Å²) in [6, 6.07) is 10.6. The van der Waals surface area contributed by atoms with Crippen LogP contribution in [-0.2, 0) is 9.53 Å². The number of amidine groups is 1. The molecule has 0 saturated carbocycles. The molecule has 2 aromatic carbocycles. The Morgan fingerprint density at radius 2 is 2.00 bits per heavy atom. The zero-order valence-electron chi connectivity index (χ0n) is 24.6. The van der Waals surface area contributed by atoms with E-state index in [0.717, 1.165) is 11.3 Å². The first-order valence-electron chi connectivity index (χ1n) is 14.3. The van der Waals surface area contributed by atoms with Gasteiger partial charge in [0.05, 0.1) is 32.4 Å². The lowest BCUT2D eigenvalue weighted by atomic mass is 9.95. The molecule has 13 heteroatoms. The molecule has 45 heavy (non-hydrogen) atoms. The number of halogens is 2. The van der Waals surface area contributed by atoms with Gasteiger partial charge in [0.25, 0.3) is 0 Å². The molecule has 3 aliphatic rings. The normalized spacial score (nSPS) is 19.8. The lowest BCUT2D eigenvalue weighted by Crippen LogP contribution is -2.53.